The third-order valence-electron chi connectivity index (χ3n) is 5.59. The first-order chi connectivity index (χ1) is 16.0. The predicted molar refractivity (Wildman–Crippen MR) is 147 cm³/mol. The molecule has 3 rings (SSSR count). The summed E-state index contributed by atoms with van der Waals surface area (Å²) < 4.78 is 0. The second kappa shape index (κ2) is 13.9. The van der Waals surface area contributed by atoms with Gasteiger partial charge in [0.25, 0.3) is 5.91 Å². The van der Waals surface area contributed by atoms with Crippen LogP contribution >= 0.6 is 24.0 Å². The van der Waals surface area contributed by atoms with Crippen molar-refractivity contribution in [2.45, 2.75) is 39.3 Å². The van der Waals surface area contributed by atoms with Crippen LogP contribution in [-0.2, 0) is 24.3 Å². The van der Waals surface area contributed by atoms with Crippen molar-refractivity contribution in [1.82, 2.24) is 20.4 Å². The van der Waals surface area contributed by atoms with E-state index in [-0.39, 0.29) is 35.8 Å². The van der Waals surface area contributed by atoms with Gasteiger partial charge in [-0.15, -0.1) is 24.0 Å². The lowest BCUT2D eigenvalue weighted by molar-refractivity contribution is -0.128. The van der Waals surface area contributed by atoms with Crippen molar-refractivity contribution in [3.8, 4) is 0 Å². The molecule has 0 aromatic heterocycles. The fourth-order valence-corrected chi connectivity index (χ4v) is 3.87. The van der Waals surface area contributed by atoms with Gasteiger partial charge in [-0.05, 0) is 48.6 Å². The van der Waals surface area contributed by atoms with E-state index in [0.717, 1.165) is 48.6 Å². The molecular formula is C26H36IN5O2. The standard InChI is InChI=1S/C26H35N5O2.HI/c1-4-27-26(28-14-13-20-8-6-11-23(17-20)25(33)30(2)3)29-18-21-9-5-10-22(16-21)19-31-15-7-12-24(31)32;/h5-6,8-11,16-17H,4,7,12-15,18-19H2,1-3H3,(H2,27,28,29);1H. The number of halogens is 1. The van der Waals surface area contributed by atoms with Gasteiger partial charge in [-0.2, -0.15) is 0 Å². The van der Waals surface area contributed by atoms with Gasteiger partial charge in [0, 0.05) is 52.3 Å². The Morgan fingerprint density at radius 2 is 1.79 bits per heavy atom. The lowest BCUT2D eigenvalue weighted by Crippen LogP contribution is -2.38. The number of likely N-dealkylation sites (tertiary alicyclic amines) is 1. The number of guanidine groups is 1. The van der Waals surface area contributed by atoms with Crippen molar-refractivity contribution < 1.29 is 9.59 Å². The van der Waals surface area contributed by atoms with Gasteiger partial charge >= 0.3 is 0 Å². The number of aliphatic imine (C=N–C) groups is 1. The molecule has 2 amide bonds. The summed E-state index contributed by atoms with van der Waals surface area (Å²) in [5, 5.41) is 6.67. The second-order valence-electron chi connectivity index (χ2n) is 8.51. The topological polar surface area (TPSA) is 77.0 Å². The Kier molecular flexibility index (Phi) is 11.3. The van der Waals surface area contributed by atoms with Gasteiger partial charge in [0.15, 0.2) is 5.96 Å². The quantitative estimate of drug-likeness (QED) is 0.272. The molecule has 0 spiro atoms. The fraction of sp³-hybridized carbons (Fsp3) is 0.423. The number of amides is 2. The zero-order valence-corrected chi connectivity index (χ0v) is 22.7. The number of hydrogen-bond acceptors (Lipinski definition) is 3. The average molecular weight is 578 g/mol. The van der Waals surface area contributed by atoms with Crippen LogP contribution in [0.5, 0.6) is 0 Å². The SMILES string of the molecule is CCNC(=NCc1cccc(CN2CCCC2=O)c1)NCCc1cccc(C(=O)N(C)C)c1.I. The molecule has 8 heteroatoms. The van der Waals surface area contributed by atoms with Crippen LogP contribution in [0, 0.1) is 0 Å². The molecule has 1 aliphatic rings. The van der Waals surface area contributed by atoms with Crippen LogP contribution in [-0.4, -0.2) is 61.3 Å². The zero-order valence-electron chi connectivity index (χ0n) is 20.3. The van der Waals surface area contributed by atoms with Gasteiger partial charge in [-0.25, -0.2) is 4.99 Å². The van der Waals surface area contributed by atoms with Crippen molar-refractivity contribution in [3.63, 3.8) is 0 Å². The molecule has 1 aliphatic heterocycles. The van der Waals surface area contributed by atoms with Crippen molar-refractivity contribution in [1.29, 1.82) is 0 Å². The lowest BCUT2D eigenvalue weighted by atomic mass is 10.1. The molecule has 0 bridgehead atoms. The molecular weight excluding hydrogens is 541 g/mol. The number of benzene rings is 2. The van der Waals surface area contributed by atoms with Crippen LogP contribution in [0.25, 0.3) is 0 Å². The highest BCUT2D eigenvalue weighted by Gasteiger charge is 2.19. The molecule has 184 valence electrons. The van der Waals surface area contributed by atoms with E-state index in [0.29, 0.717) is 31.6 Å². The summed E-state index contributed by atoms with van der Waals surface area (Å²) >= 11 is 0. The first kappa shape index (κ1) is 27.6. The average Bonchev–Trinajstić information content (AvgIpc) is 3.21. The fourth-order valence-electron chi connectivity index (χ4n) is 3.87. The maximum atomic E-state index is 12.2. The smallest absolute Gasteiger partial charge is 0.253 e. The number of rotatable bonds is 9. The summed E-state index contributed by atoms with van der Waals surface area (Å²) in [6.45, 7) is 5.61. The number of carbonyl (C=O) groups is 2. The van der Waals surface area contributed by atoms with Crippen LogP contribution in [0.15, 0.2) is 53.5 Å². The third-order valence-corrected chi connectivity index (χ3v) is 5.59. The minimum Gasteiger partial charge on any atom is -0.357 e. The summed E-state index contributed by atoms with van der Waals surface area (Å²) in [6.07, 6.45) is 2.41. The second-order valence-corrected chi connectivity index (χ2v) is 8.51. The summed E-state index contributed by atoms with van der Waals surface area (Å²) in [5.74, 6) is 1.02. The highest BCUT2D eigenvalue weighted by atomic mass is 127. The van der Waals surface area contributed by atoms with Crippen molar-refractivity contribution >= 4 is 41.8 Å². The van der Waals surface area contributed by atoms with Gasteiger partial charge in [-0.3, -0.25) is 9.59 Å². The molecule has 2 aromatic carbocycles. The molecule has 2 N–H and O–H groups in total. The molecule has 0 radical (unpaired) electrons. The molecule has 7 nitrogen and oxygen atoms in total. The Balaban J connectivity index is 0.00000408. The molecule has 1 saturated heterocycles. The van der Waals surface area contributed by atoms with Crippen molar-refractivity contribution in [2.75, 3.05) is 33.7 Å². The first-order valence-corrected chi connectivity index (χ1v) is 11.6. The van der Waals surface area contributed by atoms with Crippen LogP contribution in [0.2, 0.25) is 0 Å². The normalized spacial score (nSPS) is 13.4. The predicted octanol–water partition coefficient (Wildman–Crippen LogP) is 3.43. The van der Waals surface area contributed by atoms with E-state index in [4.69, 9.17) is 4.99 Å². The molecule has 1 fully saturated rings. The van der Waals surface area contributed by atoms with Crippen LogP contribution in [0.4, 0.5) is 0 Å². The summed E-state index contributed by atoms with van der Waals surface area (Å²) in [4.78, 5) is 32.3. The van der Waals surface area contributed by atoms with Crippen LogP contribution < -0.4 is 10.6 Å². The molecule has 0 saturated carbocycles. The Morgan fingerprint density at radius 3 is 2.50 bits per heavy atom. The molecule has 0 atom stereocenters. The van der Waals surface area contributed by atoms with E-state index in [1.165, 1.54) is 0 Å². The number of nitrogens with zero attached hydrogens (tertiary/aromatic N) is 3. The minimum atomic E-state index is 0. The van der Waals surface area contributed by atoms with Crippen molar-refractivity contribution in [3.05, 3.63) is 70.8 Å². The molecule has 1 heterocycles. The maximum Gasteiger partial charge on any atom is 0.253 e. The summed E-state index contributed by atoms with van der Waals surface area (Å²) in [5.41, 5.74) is 4.07. The number of hydrogen-bond donors (Lipinski definition) is 2. The van der Waals surface area contributed by atoms with E-state index >= 15 is 0 Å². The van der Waals surface area contributed by atoms with Gasteiger partial charge < -0.3 is 20.4 Å². The maximum absolute atomic E-state index is 12.2. The highest BCUT2D eigenvalue weighted by molar-refractivity contribution is 14.0. The van der Waals surface area contributed by atoms with E-state index in [1.807, 2.05) is 42.2 Å². The molecule has 2 aromatic rings. The molecule has 0 aliphatic carbocycles. The zero-order chi connectivity index (χ0) is 23.6. The van der Waals surface area contributed by atoms with Crippen LogP contribution in [0.1, 0.15) is 46.8 Å². The summed E-state index contributed by atoms with van der Waals surface area (Å²) in [6, 6.07) is 16.0. The van der Waals surface area contributed by atoms with E-state index < -0.39 is 0 Å². The lowest BCUT2D eigenvalue weighted by Gasteiger charge is -2.16. The monoisotopic (exact) mass is 577 g/mol. The molecule has 34 heavy (non-hydrogen) atoms. The molecule has 0 unspecified atom stereocenters. The Labute approximate surface area is 220 Å². The van der Waals surface area contributed by atoms with Gasteiger partial charge in [0.05, 0.1) is 6.54 Å². The largest absolute Gasteiger partial charge is 0.357 e. The number of nitrogens with one attached hydrogen (secondary N) is 2. The van der Waals surface area contributed by atoms with E-state index in [2.05, 4.69) is 28.8 Å². The van der Waals surface area contributed by atoms with E-state index in [1.54, 1.807) is 19.0 Å². The number of carbonyl (C=O) groups excluding carboxylic acids is 2. The Morgan fingerprint density at radius 1 is 1.06 bits per heavy atom. The van der Waals surface area contributed by atoms with Gasteiger partial charge in [-0.1, -0.05) is 36.4 Å². The van der Waals surface area contributed by atoms with Gasteiger partial charge in [0.1, 0.15) is 0 Å². The van der Waals surface area contributed by atoms with Crippen LogP contribution in [0.3, 0.4) is 0 Å². The Hall–Kier alpha value is -2.62. The van der Waals surface area contributed by atoms with Gasteiger partial charge in [0.2, 0.25) is 5.91 Å². The minimum absolute atomic E-state index is 0. The first-order valence-electron chi connectivity index (χ1n) is 11.6. The van der Waals surface area contributed by atoms with E-state index in [9.17, 15) is 9.59 Å². The summed E-state index contributed by atoms with van der Waals surface area (Å²) in [7, 11) is 3.52. The highest BCUT2D eigenvalue weighted by Crippen LogP contribution is 2.15. The Bertz CT molecular complexity index is 993. The van der Waals surface area contributed by atoms with Crippen molar-refractivity contribution in [2.24, 2.45) is 4.99 Å². The third kappa shape index (κ3) is 8.30.